The maximum atomic E-state index is 12.8. The van der Waals surface area contributed by atoms with Gasteiger partial charge in [0.1, 0.15) is 0 Å². The summed E-state index contributed by atoms with van der Waals surface area (Å²) in [5, 5.41) is 9.46. The van der Waals surface area contributed by atoms with Crippen molar-refractivity contribution in [3.05, 3.63) is 65.2 Å². The molecule has 1 saturated heterocycles. The Labute approximate surface area is 212 Å². The minimum absolute atomic E-state index is 0.232. The van der Waals surface area contributed by atoms with Gasteiger partial charge < -0.3 is 15.2 Å². The van der Waals surface area contributed by atoms with Gasteiger partial charge in [0, 0.05) is 30.5 Å². The zero-order valence-electron chi connectivity index (χ0n) is 20.0. The van der Waals surface area contributed by atoms with Crippen LogP contribution in [0.3, 0.4) is 0 Å². The number of thioether (sulfide) groups is 1. The molecular weight excluding hydrogens is 487 g/mol. The largest absolute Gasteiger partial charge is 0.416 e. The molecule has 2 aromatic carbocycles. The van der Waals surface area contributed by atoms with Gasteiger partial charge in [-0.15, -0.1) is 10.2 Å². The van der Waals surface area contributed by atoms with Crippen LogP contribution in [0.4, 0.5) is 13.2 Å². The van der Waals surface area contributed by atoms with Crippen molar-refractivity contribution in [1.82, 2.24) is 19.7 Å². The van der Waals surface area contributed by atoms with E-state index < -0.39 is 17.6 Å². The lowest BCUT2D eigenvalue weighted by atomic mass is 9.97. The van der Waals surface area contributed by atoms with Crippen molar-refractivity contribution in [2.24, 2.45) is 18.2 Å². The molecule has 3 aromatic rings. The summed E-state index contributed by atoms with van der Waals surface area (Å²) in [5.74, 6) is 1.56. The van der Waals surface area contributed by atoms with Gasteiger partial charge in [0.2, 0.25) is 5.91 Å². The lowest BCUT2D eigenvalue weighted by molar-refractivity contribution is -0.137. The molecule has 2 heterocycles. The van der Waals surface area contributed by atoms with Gasteiger partial charge in [-0.25, -0.2) is 0 Å². The third-order valence-electron chi connectivity index (χ3n) is 7.41. The molecule has 5 rings (SSSR count). The van der Waals surface area contributed by atoms with E-state index in [4.69, 9.17) is 5.73 Å². The molecule has 0 bridgehead atoms. The number of primary amides is 1. The van der Waals surface area contributed by atoms with Crippen molar-refractivity contribution >= 4 is 17.7 Å². The number of nitrogens with two attached hydrogens (primary N) is 1. The van der Waals surface area contributed by atoms with Crippen LogP contribution in [0.1, 0.15) is 46.7 Å². The average molecular weight is 516 g/mol. The first-order valence-corrected chi connectivity index (χ1v) is 13.0. The Bertz CT molecular complexity index is 1240. The Morgan fingerprint density at radius 1 is 1.14 bits per heavy atom. The molecule has 0 radical (unpaired) electrons. The number of hydrogen-bond acceptors (Lipinski definition) is 5. The minimum Gasteiger partial charge on any atom is -0.366 e. The zero-order valence-corrected chi connectivity index (χ0v) is 20.8. The molecule has 1 spiro atoms. The predicted molar refractivity (Wildman–Crippen MR) is 133 cm³/mol. The molecule has 1 aromatic heterocycles. The van der Waals surface area contributed by atoms with Gasteiger partial charge >= 0.3 is 6.18 Å². The van der Waals surface area contributed by atoms with E-state index in [0.29, 0.717) is 11.5 Å². The average Bonchev–Trinajstić information content (AvgIpc) is 3.20. The summed E-state index contributed by atoms with van der Waals surface area (Å²) in [6.07, 6.45) is -1.10. The van der Waals surface area contributed by atoms with Crippen molar-refractivity contribution in [3.63, 3.8) is 0 Å². The summed E-state index contributed by atoms with van der Waals surface area (Å²) in [5.41, 5.74) is 7.31. The van der Waals surface area contributed by atoms with E-state index in [1.165, 1.54) is 12.1 Å². The van der Waals surface area contributed by atoms with E-state index in [1.54, 1.807) is 36.0 Å². The van der Waals surface area contributed by atoms with Gasteiger partial charge in [-0.1, -0.05) is 36.0 Å². The molecule has 2 N–H and O–H groups in total. The van der Waals surface area contributed by atoms with E-state index in [-0.39, 0.29) is 5.41 Å². The summed E-state index contributed by atoms with van der Waals surface area (Å²) in [6.45, 7) is 3.05. The lowest BCUT2D eigenvalue weighted by Crippen LogP contribution is -2.23. The lowest BCUT2D eigenvalue weighted by Gasteiger charge is -2.16. The second-order valence-electron chi connectivity index (χ2n) is 9.77. The maximum absolute atomic E-state index is 12.8. The standard InChI is InChI=1S/C26H28F3N5OS/c1-33-23(19-5-3-18(4-6-19)22(30)35)31-32-24(33)36-14-2-12-34-13-11-25(16-34)15-21(25)17-7-9-20(10-8-17)26(27,28)29/h3-10,21H,2,11-16H2,1H3,(H2,30,35)/t21-,25?/m1/s1. The fourth-order valence-corrected chi connectivity index (χ4v) is 6.11. The first-order valence-electron chi connectivity index (χ1n) is 12.0. The Morgan fingerprint density at radius 3 is 2.53 bits per heavy atom. The van der Waals surface area contributed by atoms with Crippen LogP contribution in [0.5, 0.6) is 0 Å². The number of amides is 1. The third kappa shape index (κ3) is 5.01. The van der Waals surface area contributed by atoms with Crippen molar-refractivity contribution < 1.29 is 18.0 Å². The fraction of sp³-hybridized carbons (Fsp3) is 0.423. The smallest absolute Gasteiger partial charge is 0.366 e. The predicted octanol–water partition coefficient (Wildman–Crippen LogP) is 4.96. The van der Waals surface area contributed by atoms with E-state index in [1.807, 2.05) is 23.7 Å². The normalized spacial score (nSPS) is 21.8. The SMILES string of the molecule is Cn1c(SCCCN2CCC3(C[C@@H]3c3ccc(C(F)(F)F)cc3)C2)nnc1-c1ccc(C(N)=O)cc1. The van der Waals surface area contributed by atoms with E-state index in [0.717, 1.165) is 66.8 Å². The summed E-state index contributed by atoms with van der Waals surface area (Å²) >= 11 is 1.67. The number of carbonyl (C=O) groups excluding carboxylic acids is 1. The second kappa shape index (κ2) is 9.55. The van der Waals surface area contributed by atoms with Crippen LogP contribution >= 0.6 is 11.8 Å². The van der Waals surface area contributed by atoms with Gasteiger partial charge in [-0.3, -0.25) is 4.79 Å². The molecule has 1 aliphatic heterocycles. The number of aromatic nitrogens is 3. The molecule has 6 nitrogen and oxygen atoms in total. The monoisotopic (exact) mass is 515 g/mol. The van der Waals surface area contributed by atoms with Gasteiger partial charge in [0.25, 0.3) is 0 Å². The van der Waals surface area contributed by atoms with E-state index >= 15 is 0 Å². The Morgan fingerprint density at radius 2 is 1.86 bits per heavy atom. The van der Waals surface area contributed by atoms with Crippen LogP contribution in [0.15, 0.2) is 53.7 Å². The number of likely N-dealkylation sites (tertiary alicyclic amines) is 1. The van der Waals surface area contributed by atoms with Gasteiger partial charge in [-0.05, 0) is 73.5 Å². The Hall–Kier alpha value is -2.85. The molecule has 10 heteroatoms. The summed E-state index contributed by atoms with van der Waals surface area (Å²) < 4.78 is 40.5. The van der Waals surface area contributed by atoms with Crippen molar-refractivity contribution in [1.29, 1.82) is 0 Å². The first-order chi connectivity index (χ1) is 17.2. The number of rotatable bonds is 8. The van der Waals surface area contributed by atoms with Crippen LogP contribution < -0.4 is 5.73 Å². The zero-order chi connectivity index (χ0) is 25.5. The number of alkyl halides is 3. The highest BCUT2D eigenvalue weighted by Crippen LogP contribution is 2.64. The molecule has 1 aliphatic carbocycles. The van der Waals surface area contributed by atoms with Crippen molar-refractivity contribution in [2.45, 2.75) is 36.5 Å². The molecular formula is C26H28F3N5OS. The maximum Gasteiger partial charge on any atom is 0.416 e. The fourth-order valence-electron chi connectivity index (χ4n) is 5.28. The highest BCUT2D eigenvalue weighted by molar-refractivity contribution is 7.99. The minimum atomic E-state index is -4.29. The van der Waals surface area contributed by atoms with Crippen molar-refractivity contribution in [2.75, 3.05) is 25.4 Å². The molecule has 2 aliphatic rings. The number of nitrogens with zero attached hydrogens (tertiary/aromatic N) is 4. The molecule has 1 saturated carbocycles. The van der Waals surface area contributed by atoms with Gasteiger partial charge in [0.15, 0.2) is 11.0 Å². The molecule has 1 amide bonds. The second-order valence-corrected chi connectivity index (χ2v) is 10.8. The first kappa shape index (κ1) is 24.8. The van der Waals surface area contributed by atoms with E-state index in [9.17, 15) is 18.0 Å². The summed E-state index contributed by atoms with van der Waals surface area (Å²) in [6, 6.07) is 12.7. The third-order valence-corrected chi connectivity index (χ3v) is 8.51. The molecule has 2 fully saturated rings. The van der Waals surface area contributed by atoms with Crippen LogP contribution in [-0.2, 0) is 13.2 Å². The van der Waals surface area contributed by atoms with Crippen LogP contribution in [0, 0.1) is 5.41 Å². The topological polar surface area (TPSA) is 77.0 Å². The number of carbonyl (C=O) groups is 1. The van der Waals surface area contributed by atoms with E-state index in [2.05, 4.69) is 15.1 Å². The van der Waals surface area contributed by atoms with Gasteiger partial charge in [-0.2, -0.15) is 13.2 Å². The summed E-state index contributed by atoms with van der Waals surface area (Å²) in [7, 11) is 1.93. The van der Waals surface area contributed by atoms with Crippen LogP contribution in [0.25, 0.3) is 11.4 Å². The highest BCUT2D eigenvalue weighted by Gasteiger charge is 2.57. The quantitative estimate of drug-likeness (QED) is 0.339. The number of hydrogen-bond donors (Lipinski definition) is 1. The van der Waals surface area contributed by atoms with Crippen LogP contribution in [0.2, 0.25) is 0 Å². The summed E-state index contributed by atoms with van der Waals surface area (Å²) in [4.78, 5) is 13.8. The van der Waals surface area contributed by atoms with Crippen molar-refractivity contribution in [3.8, 4) is 11.4 Å². The molecule has 36 heavy (non-hydrogen) atoms. The highest BCUT2D eigenvalue weighted by atomic mass is 32.2. The molecule has 190 valence electrons. The molecule has 2 atom stereocenters. The number of benzene rings is 2. The Balaban J connectivity index is 1.09. The van der Waals surface area contributed by atoms with Crippen LogP contribution in [-0.4, -0.2) is 51.0 Å². The number of halogens is 3. The Kier molecular flexibility index (Phi) is 6.59. The van der Waals surface area contributed by atoms with Gasteiger partial charge in [0.05, 0.1) is 5.56 Å². The molecule has 1 unspecified atom stereocenters.